The molecule has 0 aliphatic carbocycles. The average Bonchev–Trinajstić information content (AvgIpc) is 3.48. The van der Waals surface area contributed by atoms with Gasteiger partial charge in [0.15, 0.2) is 5.79 Å². The minimum Gasteiger partial charge on any atom is -0.346 e. The van der Waals surface area contributed by atoms with Crippen LogP contribution in [0.3, 0.4) is 0 Å². The van der Waals surface area contributed by atoms with Crippen LogP contribution in [0.2, 0.25) is 0 Å². The number of benzene rings is 2. The second kappa shape index (κ2) is 8.05. The molecule has 0 N–H and O–H groups in total. The lowest BCUT2D eigenvalue weighted by Gasteiger charge is -2.41. The number of halogens is 1. The van der Waals surface area contributed by atoms with Gasteiger partial charge in [0.2, 0.25) is 5.79 Å². The summed E-state index contributed by atoms with van der Waals surface area (Å²) < 4.78 is 23.7. The smallest absolute Gasteiger partial charge is 0.253 e. The number of carbonyl (C=O) groups excluding carboxylic acids is 1. The van der Waals surface area contributed by atoms with Gasteiger partial charge in [-0.2, -0.15) is 0 Å². The van der Waals surface area contributed by atoms with Gasteiger partial charge < -0.3 is 23.8 Å². The van der Waals surface area contributed by atoms with Crippen LogP contribution in [0.15, 0.2) is 54.6 Å². The van der Waals surface area contributed by atoms with E-state index in [1.165, 1.54) is 0 Å². The Bertz CT molecular complexity index is 892. The van der Waals surface area contributed by atoms with Crippen LogP contribution in [-0.4, -0.2) is 60.9 Å². The lowest BCUT2D eigenvalue weighted by atomic mass is 9.96. The van der Waals surface area contributed by atoms with E-state index in [0.29, 0.717) is 51.5 Å². The molecule has 3 aliphatic heterocycles. The zero-order valence-electron chi connectivity index (χ0n) is 16.6. The lowest BCUT2D eigenvalue weighted by molar-refractivity contribution is -0.175. The Morgan fingerprint density at radius 1 is 0.867 bits per heavy atom. The van der Waals surface area contributed by atoms with Crippen molar-refractivity contribution in [2.24, 2.45) is 0 Å². The molecule has 1 atom stereocenters. The van der Waals surface area contributed by atoms with Crippen molar-refractivity contribution in [3.05, 3.63) is 71.3 Å². The number of likely N-dealkylation sites (tertiary alicyclic amines) is 1. The van der Waals surface area contributed by atoms with Crippen LogP contribution in [0, 0.1) is 0 Å². The Hall–Kier alpha value is -1.77. The predicted octanol–water partition coefficient (Wildman–Crippen LogP) is 3.29. The number of alkyl halides is 1. The number of ether oxygens (including phenoxy) is 4. The van der Waals surface area contributed by atoms with Crippen molar-refractivity contribution in [3.8, 4) is 0 Å². The van der Waals surface area contributed by atoms with Gasteiger partial charge in [0.1, 0.15) is 0 Å². The van der Waals surface area contributed by atoms with E-state index in [2.05, 4.69) is 15.9 Å². The summed E-state index contributed by atoms with van der Waals surface area (Å²) in [6.45, 7) is 3.41. The molecule has 0 bridgehead atoms. The SMILES string of the molecule is O=C(c1ccc(C2(c3ccccc3)OCCO2)cc1)N1CCC2(OCCO2)[C@@H](Br)C1. The van der Waals surface area contributed by atoms with Crippen molar-refractivity contribution in [3.63, 3.8) is 0 Å². The highest BCUT2D eigenvalue weighted by molar-refractivity contribution is 9.09. The van der Waals surface area contributed by atoms with Gasteiger partial charge in [-0.25, -0.2) is 0 Å². The van der Waals surface area contributed by atoms with Gasteiger partial charge in [0, 0.05) is 36.2 Å². The van der Waals surface area contributed by atoms with Gasteiger partial charge in [0.05, 0.1) is 31.3 Å². The summed E-state index contributed by atoms with van der Waals surface area (Å²) >= 11 is 3.67. The van der Waals surface area contributed by atoms with Crippen LogP contribution in [0.25, 0.3) is 0 Å². The Balaban J connectivity index is 1.34. The van der Waals surface area contributed by atoms with Crippen LogP contribution in [0.5, 0.6) is 0 Å². The van der Waals surface area contributed by atoms with Gasteiger partial charge >= 0.3 is 0 Å². The maximum Gasteiger partial charge on any atom is 0.253 e. The number of hydrogen-bond acceptors (Lipinski definition) is 5. The highest BCUT2D eigenvalue weighted by Gasteiger charge is 2.48. The number of nitrogens with zero attached hydrogens (tertiary/aromatic N) is 1. The van der Waals surface area contributed by atoms with Gasteiger partial charge in [-0.15, -0.1) is 0 Å². The van der Waals surface area contributed by atoms with Crippen LogP contribution < -0.4 is 0 Å². The van der Waals surface area contributed by atoms with Crippen molar-refractivity contribution in [2.75, 3.05) is 39.5 Å². The van der Waals surface area contributed by atoms with Crippen LogP contribution in [-0.2, 0) is 24.7 Å². The fourth-order valence-electron chi connectivity index (χ4n) is 4.44. The van der Waals surface area contributed by atoms with E-state index in [1.807, 2.05) is 59.5 Å². The summed E-state index contributed by atoms with van der Waals surface area (Å²) in [5.41, 5.74) is 2.47. The molecule has 3 fully saturated rings. The molecule has 3 heterocycles. The molecular formula is C23H24BrNO5. The van der Waals surface area contributed by atoms with Crippen molar-refractivity contribution < 1.29 is 23.7 Å². The van der Waals surface area contributed by atoms with Crippen LogP contribution in [0.4, 0.5) is 0 Å². The van der Waals surface area contributed by atoms with E-state index < -0.39 is 11.6 Å². The average molecular weight is 474 g/mol. The van der Waals surface area contributed by atoms with Gasteiger partial charge in [-0.3, -0.25) is 4.79 Å². The largest absolute Gasteiger partial charge is 0.346 e. The van der Waals surface area contributed by atoms with E-state index in [1.54, 1.807) is 0 Å². The van der Waals surface area contributed by atoms with E-state index in [-0.39, 0.29) is 10.7 Å². The van der Waals surface area contributed by atoms with Crippen LogP contribution >= 0.6 is 15.9 Å². The number of hydrogen-bond donors (Lipinski definition) is 0. The fraction of sp³-hybridized carbons (Fsp3) is 0.435. The summed E-state index contributed by atoms with van der Waals surface area (Å²) in [5, 5.41) is 0. The first-order chi connectivity index (χ1) is 14.6. The zero-order valence-corrected chi connectivity index (χ0v) is 18.2. The molecule has 1 spiro atoms. The number of piperidine rings is 1. The summed E-state index contributed by atoms with van der Waals surface area (Å²) in [6, 6.07) is 17.4. The molecule has 30 heavy (non-hydrogen) atoms. The molecule has 0 radical (unpaired) electrons. The molecule has 2 aromatic carbocycles. The molecule has 5 rings (SSSR count). The van der Waals surface area contributed by atoms with E-state index in [9.17, 15) is 4.79 Å². The van der Waals surface area contributed by atoms with Crippen molar-refractivity contribution >= 4 is 21.8 Å². The fourth-order valence-corrected chi connectivity index (χ4v) is 5.28. The molecule has 2 aromatic rings. The Morgan fingerprint density at radius 2 is 1.47 bits per heavy atom. The minimum atomic E-state index is -0.918. The third kappa shape index (κ3) is 3.39. The van der Waals surface area contributed by atoms with Crippen molar-refractivity contribution in [2.45, 2.75) is 22.8 Å². The first-order valence-corrected chi connectivity index (χ1v) is 11.2. The maximum absolute atomic E-state index is 13.1. The number of amides is 1. The van der Waals surface area contributed by atoms with Gasteiger partial charge in [0.25, 0.3) is 5.91 Å². The zero-order chi connectivity index (χ0) is 20.6. The molecule has 0 aromatic heterocycles. The van der Waals surface area contributed by atoms with E-state index >= 15 is 0 Å². The Kier molecular flexibility index (Phi) is 5.41. The second-order valence-corrected chi connectivity index (χ2v) is 8.84. The standard InChI is InChI=1S/C23H24BrNO5/c24-20-16-25(11-10-22(20)27-12-13-28-22)21(26)17-6-8-19(9-7-17)23(29-14-15-30-23)18-4-2-1-3-5-18/h1-9,20H,10-16H2/t20-/m0/s1. The molecule has 0 saturated carbocycles. The molecule has 1 amide bonds. The maximum atomic E-state index is 13.1. The molecule has 3 aliphatic rings. The quantitative estimate of drug-likeness (QED) is 0.640. The predicted molar refractivity (Wildman–Crippen MR) is 113 cm³/mol. The second-order valence-electron chi connectivity index (χ2n) is 7.73. The Labute approximate surface area is 184 Å². The van der Waals surface area contributed by atoms with E-state index in [4.69, 9.17) is 18.9 Å². The van der Waals surface area contributed by atoms with Gasteiger partial charge in [-0.05, 0) is 12.1 Å². The first-order valence-electron chi connectivity index (χ1n) is 10.3. The molecule has 3 saturated heterocycles. The lowest BCUT2D eigenvalue weighted by Crippen LogP contribution is -2.55. The topological polar surface area (TPSA) is 57.2 Å². The van der Waals surface area contributed by atoms with Crippen molar-refractivity contribution in [1.82, 2.24) is 4.90 Å². The van der Waals surface area contributed by atoms with Crippen LogP contribution in [0.1, 0.15) is 27.9 Å². The minimum absolute atomic E-state index is 0.000803. The third-order valence-electron chi connectivity index (χ3n) is 6.01. The normalized spacial score (nSPS) is 25.0. The Morgan fingerprint density at radius 3 is 2.10 bits per heavy atom. The first kappa shape index (κ1) is 20.2. The summed E-state index contributed by atoms with van der Waals surface area (Å²) in [7, 11) is 0. The molecule has 6 nitrogen and oxygen atoms in total. The summed E-state index contributed by atoms with van der Waals surface area (Å²) in [6.07, 6.45) is 0.658. The molecule has 0 unspecified atom stereocenters. The molecule has 7 heteroatoms. The number of rotatable bonds is 3. The monoisotopic (exact) mass is 473 g/mol. The van der Waals surface area contributed by atoms with Crippen molar-refractivity contribution in [1.29, 1.82) is 0 Å². The molecule has 158 valence electrons. The highest BCUT2D eigenvalue weighted by atomic mass is 79.9. The summed E-state index contributed by atoms with van der Waals surface area (Å²) in [4.78, 5) is 14.9. The third-order valence-corrected chi connectivity index (χ3v) is 7.00. The molecular weight excluding hydrogens is 450 g/mol. The van der Waals surface area contributed by atoms with Gasteiger partial charge in [-0.1, -0.05) is 58.4 Å². The summed E-state index contributed by atoms with van der Waals surface area (Å²) in [5.74, 6) is -1.51. The number of carbonyl (C=O) groups is 1. The van der Waals surface area contributed by atoms with E-state index in [0.717, 1.165) is 11.1 Å². The highest BCUT2D eigenvalue weighted by Crippen LogP contribution is 2.39.